The van der Waals surface area contributed by atoms with Crippen LogP contribution >= 0.6 is 22.6 Å². The molecule has 0 aliphatic heterocycles. The molecule has 1 fully saturated rings. The first kappa shape index (κ1) is 36.2. The summed E-state index contributed by atoms with van der Waals surface area (Å²) in [5, 5.41) is 33.5. The second-order valence-corrected chi connectivity index (χ2v) is 13.8. The molecule has 1 heterocycles. The number of carbonyl (C=O) groups excluding carboxylic acids is 2. The van der Waals surface area contributed by atoms with Crippen LogP contribution in [0.5, 0.6) is 11.5 Å². The zero-order valence-corrected chi connectivity index (χ0v) is 29.1. The van der Waals surface area contributed by atoms with Gasteiger partial charge < -0.3 is 44.2 Å². The van der Waals surface area contributed by atoms with Crippen LogP contribution in [0.4, 0.5) is 0 Å². The van der Waals surface area contributed by atoms with Crippen molar-refractivity contribution in [3.8, 4) is 11.5 Å². The van der Waals surface area contributed by atoms with E-state index in [4.69, 9.17) is 18.6 Å². The number of benzene rings is 1. The van der Waals surface area contributed by atoms with E-state index in [0.717, 1.165) is 24.8 Å². The topological polar surface area (TPSA) is 151 Å². The summed E-state index contributed by atoms with van der Waals surface area (Å²) in [6.07, 6.45) is 5.41. The fraction of sp³-hybridized carbons (Fsp3) is 0.588. The minimum Gasteiger partial charge on any atom is -0.493 e. The fourth-order valence-corrected chi connectivity index (χ4v) is 7.22. The predicted octanol–water partition coefficient (Wildman–Crippen LogP) is 3.81. The summed E-state index contributed by atoms with van der Waals surface area (Å²) in [6.45, 7) is 6.15. The highest BCUT2D eigenvalue weighted by atomic mass is 127. The third-order valence-electron chi connectivity index (χ3n) is 8.98. The normalized spacial score (nSPS) is 24.8. The Hall–Kier alpha value is -2.65. The molecule has 6 unspecified atom stereocenters. The van der Waals surface area contributed by atoms with E-state index in [2.05, 4.69) is 48.7 Å². The Morgan fingerprint density at radius 3 is 2.63 bits per heavy atom. The Labute approximate surface area is 284 Å². The van der Waals surface area contributed by atoms with E-state index in [-0.39, 0.29) is 51.3 Å². The number of methoxy groups -OCH3 is 1. The van der Waals surface area contributed by atoms with Gasteiger partial charge in [0.15, 0.2) is 11.5 Å². The number of amides is 2. The zero-order valence-electron chi connectivity index (χ0n) is 27.0. The van der Waals surface area contributed by atoms with Crippen LogP contribution < -0.4 is 14.8 Å². The van der Waals surface area contributed by atoms with Gasteiger partial charge >= 0.3 is 0 Å². The monoisotopic (exact) mass is 754 g/mol. The molecule has 1 aromatic carbocycles. The number of nitrogens with one attached hydrogen (secondary N) is 1. The first-order valence-corrected chi connectivity index (χ1v) is 17.0. The second-order valence-electron chi connectivity index (χ2n) is 12.6. The largest absolute Gasteiger partial charge is 0.493 e. The van der Waals surface area contributed by atoms with Gasteiger partial charge in [0, 0.05) is 30.6 Å². The average Bonchev–Trinajstić information content (AvgIpc) is 3.56. The number of halogens is 1. The Morgan fingerprint density at radius 2 is 1.98 bits per heavy atom. The molecule has 2 amide bonds. The predicted molar refractivity (Wildman–Crippen MR) is 179 cm³/mol. The van der Waals surface area contributed by atoms with Crippen molar-refractivity contribution in [2.45, 2.75) is 84.0 Å². The molecule has 11 nitrogen and oxygen atoms in total. The molecule has 2 aliphatic rings. The lowest BCUT2D eigenvalue weighted by Gasteiger charge is -2.41. The van der Waals surface area contributed by atoms with Crippen molar-refractivity contribution in [3.63, 3.8) is 0 Å². The van der Waals surface area contributed by atoms with Crippen LogP contribution in [0.2, 0.25) is 0 Å². The van der Waals surface area contributed by atoms with Gasteiger partial charge in [0.2, 0.25) is 11.8 Å². The molecule has 0 saturated heterocycles. The van der Waals surface area contributed by atoms with Crippen LogP contribution in [-0.2, 0) is 27.5 Å². The minimum atomic E-state index is -1.23. The third kappa shape index (κ3) is 9.03. The molecule has 0 radical (unpaired) electrons. The lowest BCUT2D eigenvalue weighted by molar-refractivity contribution is -0.149. The molecule has 0 spiro atoms. The van der Waals surface area contributed by atoms with Crippen molar-refractivity contribution < 1.29 is 43.5 Å². The molecule has 12 heteroatoms. The van der Waals surface area contributed by atoms with Gasteiger partial charge in [-0.3, -0.25) is 9.59 Å². The summed E-state index contributed by atoms with van der Waals surface area (Å²) in [5.41, 5.74) is 1.65. The number of nitrogens with zero attached hydrogens (tertiary/aromatic N) is 1. The molecule has 46 heavy (non-hydrogen) atoms. The van der Waals surface area contributed by atoms with Crippen LogP contribution in [0.25, 0.3) is 0 Å². The molecular formula is C34H47IN2O9. The summed E-state index contributed by atoms with van der Waals surface area (Å²) in [5.74, 6) is 1.21. The van der Waals surface area contributed by atoms with Crippen molar-refractivity contribution in [1.29, 1.82) is 0 Å². The Balaban J connectivity index is 1.66. The lowest BCUT2D eigenvalue weighted by atomic mass is 9.75. The van der Waals surface area contributed by atoms with E-state index in [1.54, 1.807) is 35.4 Å². The maximum Gasteiger partial charge on any atom is 0.249 e. The van der Waals surface area contributed by atoms with Crippen molar-refractivity contribution in [1.82, 2.24) is 10.2 Å². The van der Waals surface area contributed by atoms with E-state index in [9.17, 15) is 24.9 Å². The van der Waals surface area contributed by atoms with E-state index in [1.807, 2.05) is 0 Å². The van der Waals surface area contributed by atoms with Crippen LogP contribution in [0, 0.1) is 21.3 Å². The van der Waals surface area contributed by atoms with Gasteiger partial charge in [0.25, 0.3) is 0 Å². The van der Waals surface area contributed by atoms with Gasteiger partial charge in [-0.15, -0.1) is 0 Å². The first-order valence-electron chi connectivity index (χ1n) is 15.9. The number of aliphatic hydroxyl groups is 3. The van der Waals surface area contributed by atoms with Gasteiger partial charge in [-0.05, 0) is 83.0 Å². The molecule has 254 valence electrons. The third-order valence-corrected chi connectivity index (χ3v) is 9.78. The average molecular weight is 755 g/mol. The van der Waals surface area contributed by atoms with Gasteiger partial charge in [0.1, 0.15) is 18.8 Å². The van der Waals surface area contributed by atoms with E-state index in [0.29, 0.717) is 44.0 Å². The molecule has 4 rings (SSSR count). The zero-order chi connectivity index (χ0) is 33.4. The van der Waals surface area contributed by atoms with E-state index in [1.165, 1.54) is 13.4 Å². The van der Waals surface area contributed by atoms with Crippen LogP contribution in [0.1, 0.15) is 57.6 Å². The second kappa shape index (κ2) is 17.0. The number of carbonyl (C=O) groups is 2. The van der Waals surface area contributed by atoms with Gasteiger partial charge in [-0.25, -0.2) is 0 Å². The quantitative estimate of drug-likeness (QED) is 0.211. The van der Waals surface area contributed by atoms with Crippen molar-refractivity contribution >= 4 is 34.4 Å². The number of furan rings is 1. The highest BCUT2D eigenvalue weighted by molar-refractivity contribution is 14.1. The number of hydrogen-bond acceptors (Lipinski definition) is 9. The summed E-state index contributed by atoms with van der Waals surface area (Å²) in [7, 11) is 1.48. The van der Waals surface area contributed by atoms with Crippen LogP contribution in [0.15, 0.2) is 46.8 Å². The Morgan fingerprint density at radius 1 is 1.20 bits per heavy atom. The van der Waals surface area contributed by atoms with E-state index < -0.39 is 24.2 Å². The number of ether oxygens (including phenoxy) is 3. The summed E-state index contributed by atoms with van der Waals surface area (Å²) in [4.78, 5) is 28.8. The highest BCUT2D eigenvalue weighted by Crippen LogP contribution is 2.38. The minimum absolute atomic E-state index is 0.0472. The molecule has 0 bridgehead atoms. The summed E-state index contributed by atoms with van der Waals surface area (Å²) in [6, 6.07) is 4.28. The Bertz CT molecular complexity index is 1330. The summed E-state index contributed by atoms with van der Waals surface area (Å²) < 4.78 is 24.2. The van der Waals surface area contributed by atoms with Crippen molar-refractivity contribution in [3.05, 3.63) is 57.1 Å². The van der Waals surface area contributed by atoms with Gasteiger partial charge in [0.05, 0.1) is 48.6 Å². The number of aliphatic hydroxyl groups excluding tert-OH is 3. The number of rotatable bonds is 14. The molecule has 2 aromatic rings. The highest BCUT2D eigenvalue weighted by Gasteiger charge is 2.41. The lowest BCUT2D eigenvalue weighted by Crippen LogP contribution is -2.55. The maximum atomic E-state index is 14.1. The Kier molecular flexibility index (Phi) is 13.3. The number of hydrogen-bond donors (Lipinski definition) is 4. The molecule has 4 N–H and O–H groups in total. The molecule has 2 aliphatic carbocycles. The van der Waals surface area contributed by atoms with Gasteiger partial charge in [-0.1, -0.05) is 27.2 Å². The molecule has 1 aromatic heterocycles. The summed E-state index contributed by atoms with van der Waals surface area (Å²) >= 11 is 2.06. The molecular weight excluding hydrogens is 707 g/mol. The van der Waals surface area contributed by atoms with Crippen LogP contribution in [-0.4, -0.2) is 83.3 Å². The first-order chi connectivity index (χ1) is 22.1. The standard InChI is InChI=1S/C34H47IN2O9/c1-20(2)25-6-5-21(3)11-28(25)45-19-31(40)37(16-22-7-10-44-18-22)27-14-24(34(42)36-8-9-38)15-29(32(27)41)46-33-26(35)12-23(17-39)13-30(33)43-4/h7,10,12-13,15,18,20-21,25,27-29,32,38-39,41H,5-6,8-9,11,14,16-17,19H2,1-4H3,(H,36,42). The van der Waals surface area contributed by atoms with E-state index >= 15 is 0 Å². The fourth-order valence-electron chi connectivity index (χ4n) is 6.43. The molecule has 6 atom stereocenters. The van der Waals surface area contributed by atoms with Gasteiger partial charge in [-0.2, -0.15) is 0 Å². The maximum absolute atomic E-state index is 14.1. The van der Waals surface area contributed by atoms with Crippen LogP contribution in [0.3, 0.4) is 0 Å². The van der Waals surface area contributed by atoms with Crippen molar-refractivity contribution in [2.75, 3.05) is 26.9 Å². The van der Waals surface area contributed by atoms with Crippen molar-refractivity contribution in [2.24, 2.45) is 17.8 Å². The molecule has 1 saturated carbocycles. The SMILES string of the molecule is COc1cc(CO)cc(I)c1OC1C=C(C(=O)NCCO)CC(N(Cc2ccoc2)C(=O)COC2CC(C)CCC2C(C)C)C1O. The smallest absolute Gasteiger partial charge is 0.249 e.